The van der Waals surface area contributed by atoms with Gasteiger partial charge in [0.1, 0.15) is 5.75 Å². The zero-order valence-corrected chi connectivity index (χ0v) is 6.73. The van der Waals surface area contributed by atoms with Crippen LogP contribution in [-0.4, -0.2) is 5.11 Å². The topological polar surface area (TPSA) is 20.2 Å². The normalized spacial score (nSPS) is 9.80. The Kier molecular flexibility index (Phi) is 2.22. The molecule has 0 aliphatic heterocycles. The molecular weight excluding hydrogens is 144 g/mol. The van der Waals surface area contributed by atoms with Crippen LogP contribution in [0.25, 0.3) is 0 Å². The summed E-state index contributed by atoms with van der Waals surface area (Å²) >= 11 is 4.13. The molecule has 0 fully saturated rings. The summed E-state index contributed by atoms with van der Waals surface area (Å²) in [6.07, 6.45) is 0. The molecule has 1 aromatic rings. The van der Waals surface area contributed by atoms with E-state index in [9.17, 15) is 0 Å². The van der Waals surface area contributed by atoms with Crippen molar-refractivity contribution in [2.45, 2.75) is 12.7 Å². The second-order valence-electron chi connectivity index (χ2n) is 2.27. The molecule has 0 aliphatic carbocycles. The van der Waals surface area contributed by atoms with Gasteiger partial charge in [-0.1, -0.05) is 6.07 Å². The molecule has 0 spiro atoms. The Balaban J connectivity index is 3.07. The molecular formula is C8H10OS. The molecule has 0 aliphatic rings. The van der Waals surface area contributed by atoms with Crippen LogP contribution in [-0.2, 0) is 5.75 Å². The fourth-order valence-corrected chi connectivity index (χ4v) is 1.21. The Labute approximate surface area is 66.1 Å². The van der Waals surface area contributed by atoms with E-state index in [1.54, 1.807) is 12.1 Å². The van der Waals surface area contributed by atoms with Gasteiger partial charge in [-0.3, -0.25) is 0 Å². The first-order chi connectivity index (χ1) is 4.74. The maximum atomic E-state index is 9.01. The Morgan fingerprint density at radius 2 is 2.20 bits per heavy atom. The SMILES string of the molecule is Cc1cc(O)ccc1CS. The fraction of sp³-hybridized carbons (Fsp3) is 0.250. The quantitative estimate of drug-likeness (QED) is 0.594. The summed E-state index contributed by atoms with van der Waals surface area (Å²) in [6, 6.07) is 5.31. The Hall–Kier alpha value is -0.630. The second kappa shape index (κ2) is 2.97. The average Bonchev–Trinajstić information content (AvgIpc) is 1.88. The summed E-state index contributed by atoms with van der Waals surface area (Å²) < 4.78 is 0. The van der Waals surface area contributed by atoms with Crippen LogP contribution in [0.1, 0.15) is 11.1 Å². The third-order valence-electron chi connectivity index (χ3n) is 1.50. The molecule has 0 amide bonds. The van der Waals surface area contributed by atoms with Crippen molar-refractivity contribution in [2.24, 2.45) is 0 Å². The maximum Gasteiger partial charge on any atom is 0.115 e. The van der Waals surface area contributed by atoms with E-state index in [2.05, 4.69) is 12.6 Å². The molecule has 0 unspecified atom stereocenters. The Morgan fingerprint density at radius 3 is 2.70 bits per heavy atom. The molecule has 0 heterocycles. The molecule has 0 atom stereocenters. The molecule has 1 nitrogen and oxygen atoms in total. The number of rotatable bonds is 1. The molecule has 0 radical (unpaired) electrons. The van der Waals surface area contributed by atoms with Crippen LogP contribution in [0.15, 0.2) is 18.2 Å². The van der Waals surface area contributed by atoms with E-state index in [0.29, 0.717) is 5.75 Å². The number of phenols is 1. The Morgan fingerprint density at radius 1 is 1.50 bits per heavy atom. The number of phenolic OH excluding ortho intramolecular Hbond substituents is 1. The van der Waals surface area contributed by atoms with Crippen LogP contribution < -0.4 is 0 Å². The summed E-state index contributed by atoms with van der Waals surface area (Å²) in [7, 11) is 0. The highest BCUT2D eigenvalue weighted by atomic mass is 32.1. The zero-order chi connectivity index (χ0) is 7.56. The number of hydrogen-bond donors (Lipinski definition) is 2. The van der Waals surface area contributed by atoms with Crippen LogP contribution in [0.2, 0.25) is 0 Å². The van der Waals surface area contributed by atoms with Crippen molar-refractivity contribution < 1.29 is 5.11 Å². The van der Waals surface area contributed by atoms with Crippen LogP contribution in [0.4, 0.5) is 0 Å². The zero-order valence-electron chi connectivity index (χ0n) is 5.83. The van der Waals surface area contributed by atoms with Crippen LogP contribution >= 0.6 is 12.6 Å². The van der Waals surface area contributed by atoms with Gasteiger partial charge in [0.05, 0.1) is 0 Å². The number of hydrogen-bond acceptors (Lipinski definition) is 2. The van der Waals surface area contributed by atoms with Gasteiger partial charge in [-0.15, -0.1) is 0 Å². The highest BCUT2D eigenvalue weighted by Gasteiger charge is 1.95. The molecule has 1 rings (SSSR count). The van der Waals surface area contributed by atoms with E-state index in [1.807, 2.05) is 13.0 Å². The van der Waals surface area contributed by atoms with E-state index in [1.165, 1.54) is 5.56 Å². The summed E-state index contributed by atoms with van der Waals surface area (Å²) in [6.45, 7) is 1.96. The number of benzene rings is 1. The molecule has 0 bridgehead atoms. The van der Waals surface area contributed by atoms with Gasteiger partial charge >= 0.3 is 0 Å². The molecule has 10 heavy (non-hydrogen) atoms. The van der Waals surface area contributed by atoms with E-state index < -0.39 is 0 Å². The van der Waals surface area contributed by atoms with Gasteiger partial charge in [0.2, 0.25) is 0 Å². The molecule has 1 aromatic carbocycles. The van der Waals surface area contributed by atoms with E-state index in [4.69, 9.17) is 5.11 Å². The minimum atomic E-state index is 0.322. The van der Waals surface area contributed by atoms with E-state index >= 15 is 0 Å². The highest BCUT2D eigenvalue weighted by molar-refractivity contribution is 7.79. The van der Waals surface area contributed by atoms with Gasteiger partial charge < -0.3 is 5.11 Å². The molecule has 1 N–H and O–H groups in total. The van der Waals surface area contributed by atoms with Crippen LogP contribution in [0.5, 0.6) is 5.75 Å². The summed E-state index contributed by atoms with van der Waals surface area (Å²) in [5, 5.41) is 9.01. The lowest BCUT2D eigenvalue weighted by molar-refractivity contribution is 0.474. The first-order valence-electron chi connectivity index (χ1n) is 3.13. The Bertz CT molecular complexity index is 233. The average molecular weight is 154 g/mol. The third kappa shape index (κ3) is 1.45. The summed E-state index contributed by atoms with van der Waals surface area (Å²) in [5.41, 5.74) is 2.26. The van der Waals surface area contributed by atoms with Crippen molar-refractivity contribution in [3.05, 3.63) is 29.3 Å². The van der Waals surface area contributed by atoms with E-state index in [0.717, 1.165) is 11.3 Å². The number of aryl methyl sites for hydroxylation is 1. The van der Waals surface area contributed by atoms with Gasteiger partial charge in [-0.25, -0.2) is 0 Å². The van der Waals surface area contributed by atoms with Crippen LogP contribution in [0.3, 0.4) is 0 Å². The van der Waals surface area contributed by atoms with Gasteiger partial charge in [0.25, 0.3) is 0 Å². The maximum absolute atomic E-state index is 9.01. The first kappa shape index (κ1) is 7.48. The second-order valence-corrected chi connectivity index (χ2v) is 2.59. The predicted octanol–water partition coefficient (Wildman–Crippen LogP) is 2.13. The summed E-state index contributed by atoms with van der Waals surface area (Å²) in [4.78, 5) is 0. The molecule has 2 heteroatoms. The largest absolute Gasteiger partial charge is 0.508 e. The predicted molar refractivity (Wildman–Crippen MR) is 45.5 cm³/mol. The fourth-order valence-electron chi connectivity index (χ4n) is 0.857. The first-order valence-corrected chi connectivity index (χ1v) is 3.76. The minimum absolute atomic E-state index is 0.322. The minimum Gasteiger partial charge on any atom is -0.508 e. The van der Waals surface area contributed by atoms with Crippen LogP contribution in [0, 0.1) is 6.92 Å². The lowest BCUT2D eigenvalue weighted by atomic mass is 10.1. The molecule has 0 aromatic heterocycles. The smallest absolute Gasteiger partial charge is 0.115 e. The number of aromatic hydroxyl groups is 1. The van der Waals surface area contributed by atoms with Gasteiger partial charge in [0, 0.05) is 5.75 Å². The highest BCUT2D eigenvalue weighted by Crippen LogP contribution is 2.16. The van der Waals surface area contributed by atoms with Crippen molar-refractivity contribution in [3.63, 3.8) is 0 Å². The third-order valence-corrected chi connectivity index (χ3v) is 1.84. The van der Waals surface area contributed by atoms with E-state index in [-0.39, 0.29) is 0 Å². The van der Waals surface area contributed by atoms with Gasteiger partial charge in [-0.05, 0) is 30.2 Å². The van der Waals surface area contributed by atoms with Crippen molar-refractivity contribution in [1.29, 1.82) is 0 Å². The monoisotopic (exact) mass is 154 g/mol. The molecule has 0 saturated carbocycles. The van der Waals surface area contributed by atoms with Crippen molar-refractivity contribution in [1.82, 2.24) is 0 Å². The van der Waals surface area contributed by atoms with Crippen molar-refractivity contribution >= 4 is 12.6 Å². The lowest BCUT2D eigenvalue weighted by Gasteiger charge is -2.00. The van der Waals surface area contributed by atoms with Crippen molar-refractivity contribution in [3.8, 4) is 5.75 Å². The van der Waals surface area contributed by atoms with Gasteiger partial charge in [0.15, 0.2) is 0 Å². The number of thiol groups is 1. The molecule has 54 valence electrons. The van der Waals surface area contributed by atoms with Gasteiger partial charge in [-0.2, -0.15) is 12.6 Å². The summed E-state index contributed by atoms with van der Waals surface area (Å²) in [5.74, 6) is 1.05. The molecule has 0 saturated heterocycles. The van der Waals surface area contributed by atoms with Crippen molar-refractivity contribution in [2.75, 3.05) is 0 Å². The lowest BCUT2D eigenvalue weighted by Crippen LogP contribution is -1.82. The standard InChI is InChI=1S/C8H10OS/c1-6-4-8(9)3-2-7(6)5-10/h2-4,9-10H,5H2,1H3.